The second-order valence-corrected chi connectivity index (χ2v) is 5.69. The van der Waals surface area contributed by atoms with Crippen LogP contribution in [0.25, 0.3) is 0 Å². The van der Waals surface area contributed by atoms with E-state index in [4.69, 9.17) is 4.74 Å². The van der Waals surface area contributed by atoms with Gasteiger partial charge in [0.05, 0.1) is 6.61 Å². The maximum absolute atomic E-state index is 5.66. The Kier molecular flexibility index (Phi) is 4.41. The Labute approximate surface area is 111 Å². The van der Waals surface area contributed by atoms with Crippen LogP contribution < -0.4 is 5.32 Å². The second kappa shape index (κ2) is 5.85. The number of ether oxygens (including phenoxy) is 1. The van der Waals surface area contributed by atoms with Crippen LogP contribution in [0.3, 0.4) is 0 Å². The first-order valence-corrected chi connectivity index (χ1v) is 7.00. The molecule has 1 aromatic rings. The van der Waals surface area contributed by atoms with Crippen molar-refractivity contribution in [1.29, 1.82) is 0 Å². The minimum absolute atomic E-state index is 0.300. The number of benzene rings is 1. The van der Waals surface area contributed by atoms with Crippen molar-refractivity contribution in [2.75, 3.05) is 26.3 Å². The summed E-state index contributed by atoms with van der Waals surface area (Å²) in [5.41, 5.74) is 4.55. The van der Waals surface area contributed by atoms with E-state index in [2.05, 4.69) is 44.3 Å². The lowest BCUT2D eigenvalue weighted by Gasteiger charge is -2.28. The number of hydrogen-bond donors (Lipinski definition) is 1. The van der Waals surface area contributed by atoms with Crippen molar-refractivity contribution < 1.29 is 4.74 Å². The van der Waals surface area contributed by atoms with Gasteiger partial charge in [0.1, 0.15) is 0 Å². The molecule has 1 unspecified atom stereocenters. The third-order valence-electron chi connectivity index (χ3n) is 4.01. The van der Waals surface area contributed by atoms with Gasteiger partial charge in [0.2, 0.25) is 0 Å². The van der Waals surface area contributed by atoms with Gasteiger partial charge < -0.3 is 10.1 Å². The fraction of sp³-hybridized carbons (Fsp3) is 0.625. The Morgan fingerprint density at radius 3 is 2.83 bits per heavy atom. The fourth-order valence-corrected chi connectivity index (χ4v) is 2.78. The summed E-state index contributed by atoms with van der Waals surface area (Å²) >= 11 is 0. The molecular weight excluding hydrogens is 222 g/mol. The molecule has 1 fully saturated rings. The number of rotatable bonds is 5. The van der Waals surface area contributed by atoms with Gasteiger partial charge in [-0.15, -0.1) is 0 Å². The first-order chi connectivity index (χ1) is 8.65. The average molecular weight is 247 g/mol. The molecule has 2 heteroatoms. The zero-order chi connectivity index (χ0) is 13.0. The van der Waals surface area contributed by atoms with Gasteiger partial charge in [0.15, 0.2) is 0 Å². The highest BCUT2D eigenvalue weighted by Crippen LogP contribution is 2.33. The lowest BCUT2D eigenvalue weighted by Crippen LogP contribution is -2.36. The molecule has 0 aromatic heterocycles. The summed E-state index contributed by atoms with van der Waals surface area (Å²) in [5, 5.41) is 3.51. The Hall–Kier alpha value is -0.860. The molecule has 1 N–H and O–H groups in total. The molecule has 18 heavy (non-hydrogen) atoms. The van der Waals surface area contributed by atoms with Crippen molar-refractivity contribution >= 4 is 0 Å². The molecule has 100 valence electrons. The van der Waals surface area contributed by atoms with Crippen LogP contribution >= 0.6 is 0 Å². The maximum Gasteiger partial charge on any atom is 0.0538 e. The Balaban J connectivity index is 2.15. The van der Waals surface area contributed by atoms with Gasteiger partial charge in [-0.2, -0.15) is 0 Å². The van der Waals surface area contributed by atoms with E-state index in [0.29, 0.717) is 5.41 Å². The molecule has 1 heterocycles. The minimum Gasteiger partial charge on any atom is -0.381 e. The summed E-state index contributed by atoms with van der Waals surface area (Å²) in [5.74, 6) is 0. The summed E-state index contributed by atoms with van der Waals surface area (Å²) in [6.07, 6.45) is 2.31. The second-order valence-electron chi connectivity index (χ2n) is 5.69. The van der Waals surface area contributed by atoms with E-state index in [1.54, 1.807) is 0 Å². The van der Waals surface area contributed by atoms with Gasteiger partial charge >= 0.3 is 0 Å². The van der Waals surface area contributed by atoms with E-state index in [-0.39, 0.29) is 0 Å². The summed E-state index contributed by atoms with van der Waals surface area (Å²) in [4.78, 5) is 0. The van der Waals surface area contributed by atoms with E-state index in [1.807, 2.05) is 0 Å². The molecule has 0 spiro atoms. The summed E-state index contributed by atoms with van der Waals surface area (Å²) < 4.78 is 5.66. The third-order valence-corrected chi connectivity index (χ3v) is 4.01. The molecular formula is C16H25NO. The largest absolute Gasteiger partial charge is 0.381 e. The van der Waals surface area contributed by atoms with E-state index in [9.17, 15) is 0 Å². The fourth-order valence-electron chi connectivity index (χ4n) is 2.78. The van der Waals surface area contributed by atoms with Gasteiger partial charge in [-0.25, -0.2) is 0 Å². The van der Waals surface area contributed by atoms with Crippen LogP contribution in [0.4, 0.5) is 0 Å². The van der Waals surface area contributed by atoms with Crippen LogP contribution in [-0.2, 0) is 11.2 Å². The molecule has 1 aromatic carbocycles. The topological polar surface area (TPSA) is 21.3 Å². The molecule has 2 nitrogen and oxygen atoms in total. The lowest BCUT2D eigenvalue weighted by atomic mass is 9.79. The van der Waals surface area contributed by atoms with Crippen molar-refractivity contribution in [1.82, 2.24) is 5.32 Å². The highest BCUT2D eigenvalue weighted by atomic mass is 16.5. The molecule has 0 amide bonds. The van der Waals surface area contributed by atoms with Crippen LogP contribution in [0, 0.1) is 19.3 Å². The van der Waals surface area contributed by atoms with Crippen LogP contribution in [0.5, 0.6) is 0 Å². The predicted octanol–water partition coefficient (Wildman–Crippen LogP) is 2.86. The van der Waals surface area contributed by atoms with E-state index < -0.39 is 0 Å². The van der Waals surface area contributed by atoms with Crippen LogP contribution in [0.1, 0.15) is 30.0 Å². The summed E-state index contributed by atoms with van der Waals surface area (Å²) in [6, 6.07) is 6.77. The molecule has 1 aliphatic heterocycles. The van der Waals surface area contributed by atoms with Gasteiger partial charge in [-0.05, 0) is 44.4 Å². The zero-order valence-corrected chi connectivity index (χ0v) is 11.9. The molecule has 0 radical (unpaired) electrons. The minimum atomic E-state index is 0.300. The molecule has 1 aliphatic rings. The van der Waals surface area contributed by atoms with Gasteiger partial charge in [-0.1, -0.05) is 30.7 Å². The Bertz CT molecular complexity index is 394. The van der Waals surface area contributed by atoms with Crippen molar-refractivity contribution in [2.24, 2.45) is 5.41 Å². The standard InChI is InChI=1S/C16H25NO/c1-4-17-11-16(7-8-18-12-16)10-15-9-13(2)5-6-14(15)3/h5-6,9,17H,4,7-8,10-12H2,1-3H3. The maximum atomic E-state index is 5.66. The zero-order valence-electron chi connectivity index (χ0n) is 11.9. The van der Waals surface area contributed by atoms with Crippen molar-refractivity contribution in [3.8, 4) is 0 Å². The van der Waals surface area contributed by atoms with Crippen molar-refractivity contribution in [3.63, 3.8) is 0 Å². The van der Waals surface area contributed by atoms with E-state index in [0.717, 1.165) is 32.7 Å². The van der Waals surface area contributed by atoms with Crippen LogP contribution in [0.2, 0.25) is 0 Å². The number of hydrogen-bond acceptors (Lipinski definition) is 2. The highest BCUT2D eigenvalue weighted by Gasteiger charge is 2.34. The SMILES string of the molecule is CCNCC1(Cc2cc(C)ccc2C)CCOC1. The monoisotopic (exact) mass is 247 g/mol. The number of nitrogens with one attached hydrogen (secondary N) is 1. The van der Waals surface area contributed by atoms with Gasteiger partial charge in [0.25, 0.3) is 0 Å². The Morgan fingerprint density at radius 2 is 2.17 bits per heavy atom. The average Bonchev–Trinajstić information content (AvgIpc) is 2.80. The van der Waals surface area contributed by atoms with Crippen molar-refractivity contribution in [2.45, 2.75) is 33.6 Å². The summed E-state index contributed by atoms with van der Waals surface area (Å²) in [7, 11) is 0. The lowest BCUT2D eigenvalue weighted by molar-refractivity contribution is 0.149. The van der Waals surface area contributed by atoms with E-state index >= 15 is 0 Å². The summed E-state index contributed by atoms with van der Waals surface area (Å²) in [6.45, 7) is 10.5. The smallest absolute Gasteiger partial charge is 0.0538 e. The van der Waals surface area contributed by atoms with Crippen LogP contribution in [0.15, 0.2) is 18.2 Å². The third kappa shape index (κ3) is 3.12. The molecule has 0 aliphatic carbocycles. The normalized spacial score (nSPS) is 23.5. The van der Waals surface area contributed by atoms with Gasteiger partial charge in [0, 0.05) is 18.6 Å². The first kappa shape index (κ1) is 13.6. The molecule has 0 bridgehead atoms. The number of aryl methyl sites for hydroxylation is 2. The quantitative estimate of drug-likeness (QED) is 0.864. The molecule has 1 saturated heterocycles. The molecule has 2 rings (SSSR count). The first-order valence-electron chi connectivity index (χ1n) is 7.00. The van der Waals surface area contributed by atoms with E-state index in [1.165, 1.54) is 23.1 Å². The van der Waals surface area contributed by atoms with Crippen molar-refractivity contribution in [3.05, 3.63) is 34.9 Å². The predicted molar refractivity (Wildman–Crippen MR) is 76.0 cm³/mol. The molecule has 0 saturated carbocycles. The highest BCUT2D eigenvalue weighted by molar-refractivity contribution is 5.31. The Morgan fingerprint density at radius 1 is 1.33 bits per heavy atom. The molecule has 1 atom stereocenters. The van der Waals surface area contributed by atoms with Crippen LogP contribution in [-0.4, -0.2) is 26.3 Å². The van der Waals surface area contributed by atoms with Gasteiger partial charge in [-0.3, -0.25) is 0 Å².